The van der Waals surface area contributed by atoms with Crippen LogP contribution in [-0.2, 0) is 48.0 Å². The zero-order valence-electron chi connectivity index (χ0n) is 50.5. The number of ketones is 3. The highest BCUT2D eigenvalue weighted by Crippen LogP contribution is 2.35. The molecule has 2 saturated heterocycles. The summed E-state index contributed by atoms with van der Waals surface area (Å²) in [6, 6.07) is 25.2. The standard InChI is InChI=1S/C69H79F2N9O8/c1-44(72-3)66(85)77-59(68(87)79-33-11-14-61(79)51-38-53(42-74-40-51)64(83)49-23-27-55(70)28-24-49)36-47-19-17-46(18-20-47)35-58(81)13-9-7-5-6-8-10-16-63(82)76-57-31-21-48(22-32-57)37-60(78-67(86)45(2)73-4)69(88)80-34-12-15-62(80)52-39-54(43-75-41-52)65(84)50-25-29-56(71)30-26-50/h17-32,38-45,59-62,72-73H,5-16,33-37H2,1-4H3,(H,76,82)(H,77,85)(H,78,86)/t44-,45-,59-,60-,61-,62-/m0/s1. The number of likely N-dealkylation sites (tertiary alicyclic amines) is 2. The Morgan fingerprint density at radius 3 is 1.36 bits per heavy atom. The van der Waals surface area contributed by atoms with E-state index >= 15 is 0 Å². The second-order valence-corrected chi connectivity index (χ2v) is 23.0. The quantitative estimate of drug-likeness (QED) is 0.0210. The third kappa shape index (κ3) is 18.0. The number of halogens is 2. The molecule has 2 aromatic heterocycles. The molecule has 8 rings (SSSR count). The maximum absolute atomic E-state index is 14.4. The molecule has 5 N–H and O–H groups in total. The van der Waals surface area contributed by atoms with Crippen LogP contribution in [0.15, 0.2) is 134 Å². The van der Waals surface area contributed by atoms with Crippen LogP contribution in [0.2, 0.25) is 0 Å². The van der Waals surface area contributed by atoms with Gasteiger partial charge < -0.3 is 36.4 Å². The molecule has 4 heterocycles. The third-order valence-electron chi connectivity index (χ3n) is 16.6. The SMILES string of the molecule is CN[C@@H](C)C(=O)N[C@@H](Cc1ccc(CC(=O)CCCCCCCCC(=O)Nc2ccc(C[C@H](NC(=O)[C@H](C)NC)C(=O)N3CCC[C@H]3c3cncc(C(=O)c4ccc(F)cc4)c3)cc2)cc1)C(=O)N1CCC[C@H]1c1cncc(C(=O)c2ccc(F)cc2)c1. The number of carbonyl (C=O) groups is 8. The molecular formula is C69H79F2N9O8. The molecule has 88 heavy (non-hydrogen) atoms. The number of Topliss-reactive ketones (excluding diaryl/α,β-unsaturated/α-hetero) is 1. The van der Waals surface area contributed by atoms with Gasteiger partial charge in [-0.2, -0.15) is 0 Å². The Kier molecular flexibility index (Phi) is 23.6. The highest BCUT2D eigenvalue weighted by atomic mass is 19.1. The van der Waals surface area contributed by atoms with E-state index < -0.39 is 35.8 Å². The Labute approximate surface area is 513 Å². The van der Waals surface area contributed by atoms with Crippen LogP contribution in [0.3, 0.4) is 0 Å². The van der Waals surface area contributed by atoms with Crippen molar-refractivity contribution < 1.29 is 47.1 Å². The summed E-state index contributed by atoms with van der Waals surface area (Å²) in [6.45, 7) is 4.34. The van der Waals surface area contributed by atoms with Crippen LogP contribution >= 0.6 is 0 Å². The topological polar surface area (TPSA) is 229 Å². The molecule has 2 aliphatic rings. The number of aromatic nitrogens is 2. The first-order chi connectivity index (χ1) is 42.5. The Morgan fingerprint density at radius 1 is 0.511 bits per heavy atom. The summed E-state index contributed by atoms with van der Waals surface area (Å²) >= 11 is 0. The predicted octanol–water partition coefficient (Wildman–Crippen LogP) is 9.09. The lowest BCUT2D eigenvalue weighted by Gasteiger charge is -2.30. The summed E-state index contributed by atoms with van der Waals surface area (Å²) in [6.07, 6.45) is 15.5. The van der Waals surface area contributed by atoms with E-state index in [1.165, 1.54) is 60.9 Å². The summed E-state index contributed by atoms with van der Waals surface area (Å²) in [5.74, 6) is -2.67. The largest absolute Gasteiger partial charge is 0.343 e. The molecule has 6 atom stereocenters. The van der Waals surface area contributed by atoms with E-state index in [1.54, 1.807) is 74.4 Å². The van der Waals surface area contributed by atoms with Gasteiger partial charge in [-0.05, 0) is 167 Å². The lowest BCUT2D eigenvalue weighted by atomic mass is 9.98. The highest BCUT2D eigenvalue weighted by Gasteiger charge is 2.38. The normalized spacial score (nSPS) is 16.1. The van der Waals surface area contributed by atoms with Gasteiger partial charge in [0, 0.05) is 97.9 Å². The minimum Gasteiger partial charge on any atom is -0.343 e. The summed E-state index contributed by atoms with van der Waals surface area (Å²) < 4.78 is 27.1. The van der Waals surface area contributed by atoms with E-state index in [0.717, 1.165) is 55.2 Å². The number of hydrogen-bond donors (Lipinski definition) is 5. The summed E-state index contributed by atoms with van der Waals surface area (Å²) in [4.78, 5) is 120. The first kappa shape index (κ1) is 65.3. The van der Waals surface area contributed by atoms with Crippen molar-refractivity contribution in [2.24, 2.45) is 0 Å². The smallest absolute Gasteiger partial charge is 0.246 e. The Balaban J connectivity index is 0.749. The second-order valence-electron chi connectivity index (χ2n) is 23.0. The number of hydrogen-bond acceptors (Lipinski definition) is 12. The Hall–Kier alpha value is -8.68. The van der Waals surface area contributed by atoms with E-state index in [9.17, 15) is 47.1 Å². The van der Waals surface area contributed by atoms with Gasteiger partial charge in [-0.15, -0.1) is 0 Å². The molecule has 5 amide bonds. The van der Waals surface area contributed by atoms with Gasteiger partial charge in [0.05, 0.1) is 24.2 Å². The van der Waals surface area contributed by atoms with Crippen LogP contribution in [0.5, 0.6) is 0 Å². The van der Waals surface area contributed by atoms with Gasteiger partial charge in [0.2, 0.25) is 29.5 Å². The number of nitrogens with one attached hydrogen (secondary N) is 5. The van der Waals surface area contributed by atoms with Crippen molar-refractivity contribution in [2.75, 3.05) is 32.5 Å². The fourth-order valence-electron chi connectivity index (χ4n) is 11.3. The average Bonchev–Trinajstić information content (AvgIpc) is 3.69. The monoisotopic (exact) mass is 1200 g/mol. The summed E-state index contributed by atoms with van der Waals surface area (Å²) in [5, 5.41) is 14.7. The molecule has 462 valence electrons. The van der Waals surface area contributed by atoms with Crippen LogP contribution in [0.25, 0.3) is 0 Å². The van der Waals surface area contributed by atoms with Crippen molar-refractivity contribution in [3.8, 4) is 0 Å². The average molecular weight is 1200 g/mol. The molecule has 2 fully saturated rings. The maximum Gasteiger partial charge on any atom is 0.246 e. The van der Waals surface area contributed by atoms with E-state index in [4.69, 9.17) is 0 Å². The third-order valence-corrected chi connectivity index (χ3v) is 16.6. The first-order valence-corrected chi connectivity index (χ1v) is 30.5. The fourth-order valence-corrected chi connectivity index (χ4v) is 11.3. The fraction of sp³-hybridized carbons (Fsp3) is 0.391. The van der Waals surface area contributed by atoms with Crippen molar-refractivity contribution in [3.63, 3.8) is 0 Å². The lowest BCUT2D eigenvalue weighted by molar-refractivity contribution is -0.137. The summed E-state index contributed by atoms with van der Waals surface area (Å²) in [5.41, 5.74) is 5.74. The first-order valence-electron chi connectivity index (χ1n) is 30.5. The number of anilines is 1. The number of pyridine rings is 2. The van der Waals surface area contributed by atoms with Crippen LogP contribution in [0, 0.1) is 11.6 Å². The number of nitrogens with zero attached hydrogens (tertiary/aromatic N) is 4. The number of benzene rings is 4. The van der Waals surface area contributed by atoms with Gasteiger partial charge in [0.15, 0.2) is 11.6 Å². The molecule has 0 saturated carbocycles. The molecule has 0 spiro atoms. The number of unbranched alkanes of at least 4 members (excludes halogenated alkanes) is 5. The second kappa shape index (κ2) is 31.8. The molecule has 19 heteroatoms. The molecule has 0 radical (unpaired) electrons. The predicted molar refractivity (Wildman–Crippen MR) is 331 cm³/mol. The molecular weight excluding hydrogens is 1120 g/mol. The van der Waals surface area contributed by atoms with Crippen molar-refractivity contribution in [2.45, 2.75) is 146 Å². The highest BCUT2D eigenvalue weighted by molar-refractivity contribution is 6.09. The van der Waals surface area contributed by atoms with Crippen LogP contribution in [0.1, 0.15) is 163 Å². The van der Waals surface area contributed by atoms with Crippen molar-refractivity contribution in [1.29, 1.82) is 0 Å². The molecule has 2 aliphatic heterocycles. The van der Waals surface area contributed by atoms with Gasteiger partial charge >= 0.3 is 0 Å². The minimum absolute atomic E-state index is 0.113. The number of amides is 5. The van der Waals surface area contributed by atoms with Crippen molar-refractivity contribution >= 4 is 52.6 Å². The Morgan fingerprint density at radius 2 is 0.920 bits per heavy atom. The molecule has 6 aromatic rings. The van der Waals surface area contributed by atoms with Crippen LogP contribution in [0.4, 0.5) is 14.5 Å². The Bertz CT molecular complexity index is 3180. The number of likely N-dealkylation sites (N-methyl/N-ethyl adjacent to an activating group) is 2. The van der Waals surface area contributed by atoms with Gasteiger partial charge in [0.1, 0.15) is 29.5 Å². The van der Waals surface area contributed by atoms with Crippen LogP contribution in [-0.4, -0.2) is 118 Å². The maximum atomic E-state index is 14.4. The van der Waals surface area contributed by atoms with Gasteiger partial charge in [-0.3, -0.25) is 48.3 Å². The van der Waals surface area contributed by atoms with Crippen LogP contribution < -0.4 is 26.6 Å². The zero-order valence-corrected chi connectivity index (χ0v) is 50.5. The zero-order chi connectivity index (χ0) is 62.7. The summed E-state index contributed by atoms with van der Waals surface area (Å²) in [7, 11) is 3.34. The molecule has 4 aromatic carbocycles. The van der Waals surface area contributed by atoms with Gasteiger partial charge in [0.25, 0.3) is 0 Å². The number of rotatable bonds is 30. The number of carbonyl (C=O) groups excluding carboxylic acids is 8. The molecule has 0 aliphatic carbocycles. The molecule has 0 bridgehead atoms. The van der Waals surface area contributed by atoms with Gasteiger partial charge in [-0.1, -0.05) is 62.1 Å². The lowest BCUT2D eigenvalue weighted by Crippen LogP contribution is -2.53. The minimum atomic E-state index is -0.902. The van der Waals surface area contributed by atoms with E-state index in [1.807, 2.05) is 36.4 Å². The van der Waals surface area contributed by atoms with Crippen molar-refractivity contribution in [3.05, 3.63) is 196 Å². The van der Waals surface area contributed by atoms with E-state index in [-0.39, 0.29) is 78.2 Å². The van der Waals surface area contributed by atoms with E-state index in [0.29, 0.717) is 90.7 Å². The van der Waals surface area contributed by atoms with Gasteiger partial charge in [-0.25, -0.2) is 8.78 Å². The van der Waals surface area contributed by atoms with Crippen molar-refractivity contribution in [1.82, 2.24) is 41.0 Å². The molecule has 17 nitrogen and oxygen atoms in total. The van der Waals surface area contributed by atoms with E-state index in [2.05, 4.69) is 36.6 Å². The molecule has 0 unspecified atom stereocenters.